The van der Waals surface area contributed by atoms with Crippen LogP contribution in [0.1, 0.15) is 26.1 Å². The van der Waals surface area contributed by atoms with Crippen LogP contribution < -0.4 is 0 Å². The van der Waals surface area contributed by atoms with E-state index < -0.39 is 18.9 Å². The van der Waals surface area contributed by atoms with E-state index in [1.54, 1.807) is 11.5 Å². The number of rotatable bonds is 7. The summed E-state index contributed by atoms with van der Waals surface area (Å²) in [7, 11) is -1.76. The van der Waals surface area contributed by atoms with Gasteiger partial charge in [0.1, 0.15) is 5.82 Å². The van der Waals surface area contributed by atoms with E-state index in [0.29, 0.717) is 12.2 Å². The first kappa shape index (κ1) is 16.5. The average Bonchev–Trinajstić information content (AvgIpc) is 2.70. The summed E-state index contributed by atoms with van der Waals surface area (Å²) in [4.78, 5) is 3.95. The second-order valence-corrected chi connectivity index (χ2v) is 9.10. The zero-order valence-electron chi connectivity index (χ0n) is 10.8. The number of halogens is 1. The van der Waals surface area contributed by atoms with E-state index in [0.717, 1.165) is 6.42 Å². The van der Waals surface area contributed by atoms with Gasteiger partial charge in [-0.25, -0.2) is 21.8 Å². The Morgan fingerprint density at radius 3 is 2.37 bits per heavy atom. The van der Waals surface area contributed by atoms with Gasteiger partial charge >= 0.3 is 0 Å². The Labute approximate surface area is 118 Å². The predicted octanol–water partition coefficient (Wildman–Crippen LogP) is 1.20. The van der Waals surface area contributed by atoms with Crippen LogP contribution in [-0.2, 0) is 31.9 Å². The third-order valence-electron chi connectivity index (χ3n) is 2.64. The Kier molecular flexibility index (Phi) is 5.40. The number of sulfone groups is 1. The summed E-state index contributed by atoms with van der Waals surface area (Å²) in [5.74, 6) is 0.553. The highest BCUT2D eigenvalue weighted by atomic mass is 35.7. The maximum atomic E-state index is 11.5. The predicted molar refractivity (Wildman–Crippen MR) is 73.6 cm³/mol. The van der Waals surface area contributed by atoms with Gasteiger partial charge in [-0.15, -0.1) is 0 Å². The third kappa shape index (κ3) is 4.77. The maximum Gasteiger partial charge on any atom is 0.280 e. The molecule has 0 saturated carbocycles. The van der Waals surface area contributed by atoms with Gasteiger partial charge in [-0.3, -0.25) is 0 Å². The lowest BCUT2D eigenvalue weighted by Crippen LogP contribution is -2.15. The minimum Gasteiger partial charge on any atom is -0.332 e. The van der Waals surface area contributed by atoms with Gasteiger partial charge in [0.25, 0.3) is 9.05 Å². The normalized spacial score (nSPS) is 12.8. The second kappa shape index (κ2) is 6.23. The van der Waals surface area contributed by atoms with Crippen molar-refractivity contribution in [2.24, 2.45) is 0 Å². The molecule has 6 nitrogen and oxygen atoms in total. The molecule has 0 atom stereocenters. The fourth-order valence-electron chi connectivity index (χ4n) is 1.54. The van der Waals surface area contributed by atoms with Crippen molar-refractivity contribution in [2.45, 2.75) is 38.3 Å². The number of aryl methyl sites for hydroxylation is 2. The standard InChI is InChI=1S/C10H17ClN2O4S2/c1-3-5-9-12-10(19(11,16)17)8-13(9)6-7-18(14,15)4-2/h8H,3-7H2,1-2H3. The highest BCUT2D eigenvalue weighted by molar-refractivity contribution is 8.13. The molecule has 110 valence electrons. The molecule has 0 aliphatic heterocycles. The fourth-order valence-corrected chi connectivity index (χ4v) is 3.00. The molecule has 19 heavy (non-hydrogen) atoms. The molecule has 0 unspecified atom stereocenters. The largest absolute Gasteiger partial charge is 0.332 e. The smallest absolute Gasteiger partial charge is 0.280 e. The lowest BCUT2D eigenvalue weighted by molar-refractivity contribution is 0.587. The van der Waals surface area contributed by atoms with E-state index in [2.05, 4.69) is 4.98 Å². The molecule has 1 aromatic heterocycles. The molecule has 0 spiro atoms. The Bertz CT molecular complexity index is 634. The van der Waals surface area contributed by atoms with Crippen molar-refractivity contribution in [1.29, 1.82) is 0 Å². The quantitative estimate of drug-likeness (QED) is 0.702. The molecule has 0 saturated heterocycles. The fraction of sp³-hybridized carbons (Fsp3) is 0.700. The van der Waals surface area contributed by atoms with Gasteiger partial charge in [0, 0.05) is 35.6 Å². The second-order valence-electron chi connectivity index (χ2n) is 4.11. The van der Waals surface area contributed by atoms with E-state index in [-0.39, 0.29) is 23.1 Å². The molecular formula is C10H17ClN2O4S2. The summed E-state index contributed by atoms with van der Waals surface area (Å²) in [6.07, 6.45) is 2.64. The first-order chi connectivity index (χ1) is 8.69. The molecule has 0 radical (unpaired) electrons. The van der Waals surface area contributed by atoms with Gasteiger partial charge in [-0.1, -0.05) is 13.8 Å². The van der Waals surface area contributed by atoms with Gasteiger partial charge < -0.3 is 4.57 Å². The Hall–Kier alpha value is -0.600. The van der Waals surface area contributed by atoms with Crippen LogP contribution in [0.15, 0.2) is 11.2 Å². The van der Waals surface area contributed by atoms with Crippen molar-refractivity contribution in [2.75, 3.05) is 11.5 Å². The SMILES string of the molecule is CCCc1nc(S(=O)(=O)Cl)cn1CCS(=O)(=O)CC. The van der Waals surface area contributed by atoms with Crippen LogP contribution in [0, 0.1) is 0 Å². The van der Waals surface area contributed by atoms with Crippen LogP contribution in [0.25, 0.3) is 0 Å². The van der Waals surface area contributed by atoms with E-state index >= 15 is 0 Å². The Morgan fingerprint density at radius 2 is 1.89 bits per heavy atom. The van der Waals surface area contributed by atoms with Crippen molar-refractivity contribution in [3.8, 4) is 0 Å². The summed E-state index contributed by atoms with van der Waals surface area (Å²) in [5.41, 5.74) is 0. The first-order valence-corrected chi connectivity index (χ1v) is 10.0. The number of imidazole rings is 1. The number of aromatic nitrogens is 2. The summed E-state index contributed by atoms with van der Waals surface area (Å²) in [6, 6.07) is 0. The van der Waals surface area contributed by atoms with Crippen molar-refractivity contribution in [3.05, 3.63) is 12.0 Å². The summed E-state index contributed by atoms with van der Waals surface area (Å²) < 4.78 is 46.9. The zero-order valence-corrected chi connectivity index (χ0v) is 13.2. The van der Waals surface area contributed by atoms with Gasteiger partial charge in [-0.05, 0) is 6.42 Å². The monoisotopic (exact) mass is 328 g/mol. The van der Waals surface area contributed by atoms with Gasteiger partial charge in [0.2, 0.25) is 0 Å². The van der Waals surface area contributed by atoms with Crippen LogP contribution in [0.2, 0.25) is 0 Å². The molecule has 1 heterocycles. The van der Waals surface area contributed by atoms with Crippen LogP contribution in [0.3, 0.4) is 0 Å². The zero-order chi connectivity index (χ0) is 14.7. The minimum absolute atomic E-state index is 0.0433. The molecule has 0 amide bonds. The van der Waals surface area contributed by atoms with Gasteiger partial charge in [0.15, 0.2) is 14.9 Å². The summed E-state index contributed by atoms with van der Waals surface area (Å²) >= 11 is 0. The van der Waals surface area contributed by atoms with Gasteiger partial charge in [-0.2, -0.15) is 0 Å². The molecule has 0 N–H and O–H groups in total. The Morgan fingerprint density at radius 1 is 1.26 bits per heavy atom. The molecule has 0 fully saturated rings. The molecule has 0 aliphatic carbocycles. The number of hydrogen-bond acceptors (Lipinski definition) is 5. The van der Waals surface area contributed by atoms with E-state index in [1.807, 2.05) is 6.92 Å². The molecule has 1 rings (SSSR count). The first-order valence-electron chi connectivity index (χ1n) is 5.90. The summed E-state index contributed by atoms with van der Waals surface area (Å²) in [5, 5.41) is -0.230. The van der Waals surface area contributed by atoms with E-state index in [9.17, 15) is 16.8 Å². The van der Waals surface area contributed by atoms with Crippen LogP contribution in [0.5, 0.6) is 0 Å². The van der Waals surface area contributed by atoms with Crippen molar-refractivity contribution >= 4 is 29.6 Å². The maximum absolute atomic E-state index is 11.5. The highest BCUT2D eigenvalue weighted by Gasteiger charge is 2.18. The molecule has 1 aromatic rings. The average molecular weight is 329 g/mol. The van der Waals surface area contributed by atoms with Gasteiger partial charge in [0.05, 0.1) is 5.75 Å². The van der Waals surface area contributed by atoms with Crippen LogP contribution in [0.4, 0.5) is 0 Å². The Balaban J connectivity index is 3.02. The molecule has 0 bridgehead atoms. The topological polar surface area (TPSA) is 86.1 Å². The third-order valence-corrected chi connectivity index (χ3v) is 5.50. The minimum atomic E-state index is -3.89. The number of hydrogen-bond donors (Lipinski definition) is 0. The van der Waals surface area contributed by atoms with Crippen molar-refractivity contribution < 1.29 is 16.8 Å². The van der Waals surface area contributed by atoms with Crippen molar-refractivity contribution in [1.82, 2.24) is 9.55 Å². The van der Waals surface area contributed by atoms with Crippen LogP contribution >= 0.6 is 10.7 Å². The van der Waals surface area contributed by atoms with E-state index in [4.69, 9.17) is 10.7 Å². The molecule has 0 aromatic carbocycles. The number of nitrogens with zero attached hydrogens (tertiary/aromatic N) is 2. The lowest BCUT2D eigenvalue weighted by atomic mass is 10.3. The molecule has 9 heteroatoms. The molecule has 0 aliphatic rings. The lowest BCUT2D eigenvalue weighted by Gasteiger charge is -2.06. The summed E-state index contributed by atoms with van der Waals surface area (Å²) in [6.45, 7) is 3.69. The molecular weight excluding hydrogens is 312 g/mol. The van der Waals surface area contributed by atoms with E-state index in [1.165, 1.54) is 6.20 Å². The van der Waals surface area contributed by atoms with Crippen LogP contribution in [-0.4, -0.2) is 37.9 Å². The highest BCUT2D eigenvalue weighted by Crippen LogP contribution is 2.15. The van der Waals surface area contributed by atoms with Crippen molar-refractivity contribution in [3.63, 3.8) is 0 Å².